The van der Waals surface area contributed by atoms with E-state index in [0.29, 0.717) is 24.5 Å². The van der Waals surface area contributed by atoms with Gasteiger partial charge in [-0.15, -0.1) is 0 Å². The van der Waals surface area contributed by atoms with Gasteiger partial charge < -0.3 is 9.64 Å². The summed E-state index contributed by atoms with van der Waals surface area (Å²) in [6.45, 7) is 1.28. The molecule has 0 unspecified atom stereocenters. The molecular weight excluding hydrogens is 344 g/mol. The van der Waals surface area contributed by atoms with Crippen molar-refractivity contribution in [1.82, 2.24) is 18.5 Å². The number of aromatic nitrogens is 1. The molecule has 0 aromatic carbocycles. The summed E-state index contributed by atoms with van der Waals surface area (Å²) in [5.41, 5.74) is 2.58. The zero-order valence-corrected chi connectivity index (χ0v) is 15.7. The molecule has 0 N–H and O–H groups in total. The van der Waals surface area contributed by atoms with Crippen LogP contribution in [-0.4, -0.2) is 80.2 Å². The summed E-state index contributed by atoms with van der Waals surface area (Å²) in [5.74, 6) is 0.204. The molecule has 1 aliphatic heterocycles. The first-order chi connectivity index (χ1) is 11.8. The predicted octanol–water partition coefficient (Wildman–Crippen LogP) is 0.143. The Balaban J connectivity index is 1.75. The maximum atomic E-state index is 12.9. The SMILES string of the molecule is COc1nc2c(cc1C(=O)N1CCN(S(=O)(=O)N(C)C)CC1)CCC2. The van der Waals surface area contributed by atoms with Crippen molar-refractivity contribution in [2.75, 3.05) is 47.4 Å². The minimum atomic E-state index is -3.44. The highest BCUT2D eigenvalue weighted by atomic mass is 32.2. The van der Waals surface area contributed by atoms with Crippen LogP contribution in [0.5, 0.6) is 5.88 Å². The number of methoxy groups -OCH3 is 1. The minimum Gasteiger partial charge on any atom is -0.480 e. The van der Waals surface area contributed by atoms with Gasteiger partial charge in [-0.1, -0.05) is 0 Å². The molecule has 1 amide bonds. The third-order valence-electron chi connectivity index (χ3n) is 4.75. The maximum Gasteiger partial charge on any atom is 0.281 e. The molecule has 1 aliphatic carbocycles. The molecule has 1 fully saturated rings. The highest BCUT2D eigenvalue weighted by molar-refractivity contribution is 7.86. The number of amides is 1. The topological polar surface area (TPSA) is 83.0 Å². The number of ether oxygens (including phenoxy) is 1. The van der Waals surface area contributed by atoms with E-state index in [4.69, 9.17) is 4.74 Å². The van der Waals surface area contributed by atoms with Crippen LogP contribution in [0.3, 0.4) is 0 Å². The summed E-state index contributed by atoms with van der Waals surface area (Å²) in [5, 5.41) is 0. The van der Waals surface area contributed by atoms with Gasteiger partial charge >= 0.3 is 0 Å². The van der Waals surface area contributed by atoms with Crippen molar-refractivity contribution in [2.24, 2.45) is 0 Å². The molecule has 0 bridgehead atoms. The van der Waals surface area contributed by atoms with Crippen LogP contribution in [0.2, 0.25) is 0 Å². The van der Waals surface area contributed by atoms with Crippen LogP contribution in [0.25, 0.3) is 0 Å². The van der Waals surface area contributed by atoms with Crippen molar-refractivity contribution < 1.29 is 17.9 Å². The van der Waals surface area contributed by atoms with E-state index in [1.54, 1.807) is 4.90 Å². The fourth-order valence-corrected chi connectivity index (χ4v) is 4.37. The Labute approximate surface area is 148 Å². The molecule has 3 rings (SSSR count). The van der Waals surface area contributed by atoms with Crippen molar-refractivity contribution in [1.29, 1.82) is 0 Å². The molecule has 1 aromatic rings. The first-order valence-electron chi connectivity index (χ1n) is 8.38. The van der Waals surface area contributed by atoms with Gasteiger partial charge in [-0.25, -0.2) is 4.98 Å². The number of piperazine rings is 1. The van der Waals surface area contributed by atoms with E-state index < -0.39 is 10.2 Å². The van der Waals surface area contributed by atoms with Gasteiger partial charge in [0.25, 0.3) is 16.1 Å². The second kappa shape index (κ2) is 6.89. The lowest BCUT2D eigenvalue weighted by Gasteiger charge is -2.35. The smallest absolute Gasteiger partial charge is 0.281 e. The lowest BCUT2D eigenvalue weighted by atomic mass is 10.1. The average Bonchev–Trinajstić information content (AvgIpc) is 3.07. The molecule has 138 valence electrons. The van der Waals surface area contributed by atoms with Gasteiger partial charge in [-0.05, 0) is 30.9 Å². The van der Waals surface area contributed by atoms with E-state index in [-0.39, 0.29) is 19.0 Å². The molecule has 1 saturated heterocycles. The number of rotatable bonds is 4. The third kappa shape index (κ3) is 3.36. The Morgan fingerprint density at radius 3 is 2.48 bits per heavy atom. The Kier molecular flexibility index (Phi) is 4.99. The molecule has 2 aliphatic rings. The quantitative estimate of drug-likeness (QED) is 0.755. The van der Waals surface area contributed by atoms with Crippen LogP contribution < -0.4 is 4.74 Å². The van der Waals surface area contributed by atoms with Gasteiger partial charge in [-0.2, -0.15) is 17.0 Å². The minimum absolute atomic E-state index is 0.152. The summed E-state index contributed by atoms with van der Waals surface area (Å²) >= 11 is 0. The molecule has 9 heteroatoms. The van der Waals surface area contributed by atoms with E-state index in [0.717, 1.165) is 30.5 Å². The Hall–Kier alpha value is -1.71. The monoisotopic (exact) mass is 368 g/mol. The van der Waals surface area contributed by atoms with E-state index in [2.05, 4.69) is 4.98 Å². The zero-order chi connectivity index (χ0) is 18.2. The summed E-state index contributed by atoms with van der Waals surface area (Å²) in [6.07, 6.45) is 2.90. The maximum absolute atomic E-state index is 12.9. The summed E-state index contributed by atoms with van der Waals surface area (Å²) in [6, 6.07) is 1.89. The zero-order valence-electron chi connectivity index (χ0n) is 14.9. The summed E-state index contributed by atoms with van der Waals surface area (Å²) in [7, 11) is 1.09. The normalized spacial score (nSPS) is 18.5. The molecule has 0 atom stereocenters. The van der Waals surface area contributed by atoms with Crippen LogP contribution in [0.15, 0.2) is 6.07 Å². The van der Waals surface area contributed by atoms with Gasteiger partial charge in [-0.3, -0.25) is 4.79 Å². The fourth-order valence-electron chi connectivity index (χ4n) is 3.29. The van der Waals surface area contributed by atoms with Gasteiger partial charge in [0.1, 0.15) is 5.56 Å². The van der Waals surface area contributed by atoms with Crippen LogP contribution in [-0.2, 0) is 23.1 Å². The van der Waals surface area contributed by atoms with Crippen molar-refractivity contribution in [3.05, 3.63) is 22.9 Å². The number of nitrogens with zero attached hydrogens (tertiary/aromatic N) is 4. The molecule has 25 heavy (non-hydrogen) atoms. The van der Waals surface area contributed by atoms with Gasteiger partial charge in [0, 0.05) is 46.0 Å². The van der Waals surface area contributed by atoms with Crippen LogP contribution in [0.4, 0.5) is 0 Å². The third-order valence-corrected chi connectivity index (χ3v) is 6.69. The van der Waals surface area contributed by atoms with E-state index in [9.17, 15) is 13.2 Å². The fraction of sp³-hybridized carbons (Fsp3) is 0.625. The summed E-state index contributed by atoms with van der Waals surface area (Å²) in [4.78, 5) is 19.0. The number of hydrogen-bond acceptors (Lipinski definition) is 5. The summed E-state index contributed by atoms with van der Waals surface area (Å²) < 4.78 is 32.3. The number of hydrogen-bond donors (Lipinski definition) is 0. The highest BCUT2D eigenvalue weighted by Crippen LogP contribution is 2.27. The largest absolute Gasteiger partial charge is 0.480 e. The average molecular weight is 368 g/mol. The first kappa shape index (κ1) is 18.1. The number of fused-ring (bicyclic) bond motifs is 1. The van der Waals surface area contributed by atoms with Crippen molar-refractivity contribution >= 4 is 16.1 Å². The second-order valence-corrected chi connectivity index (χ2v) is 8.63. The lowest BCUT2D eigenvalue weighted by molar-refractivity contribution is 0.0691. The molecule has 0 saturated carbocycles. The molecular formula is C16H24N4O4S. The van der Waals surface area contributed by atoms with Gasteiger partial charge in [0.2, 0.25) is 5.88 Å². The van der Waals surface area contributed by atoms with Crippen LogP contribution >= 0.6 is 0 Å². The Morgan fingerprint density at radius 2 is 1.88 bits per heavy atom. The number of carbonyl (C=O) groups is 1. The van der Waals surface area contributed by atoms with Crippen molar-refractivity contribution in [2.45, 2.75) is 19.3 Å². The molecule has 0 spiro atoms. The van der Waals surface area contributed by atoms with Crippen LogP contribution in [0, 0.1) is 0 Å². The molecule has 0 radical (unpaired) electrons. The second-order valence-electron chi connectivity index (χ2n) is 6.49. The number of carbonyl (C=O) groups excluding carboxylic acids is 1. The van der Waals surface area contributed by atoms with E-state index in [1.165, 1.54) is 29.8 Å². The van der Waals surface area contributed by atoms with Crippen molar-refractivity contribution in [3.63, 3.8) is 0 Å². The van der Waals surface area contributed by atoms with E-state index >= 15 is 0 Å². The lowest BCUT2D eigenvalue weighted by Crippen LogP contribution is -2.53. The first-order valence-corrected chi connectivity index (χ1v) is 9.78. The Morgan fingerprint density at radius 1 is 1.20 bits per heavy atom. The van der Waals surface area contributed by atoms with Crippen molar-refractivity contribution in [3.8, 4) is 5.88 Å². The number of pyridine rings is 1. The predicted molar refractivity (Wildman–Crippen MR) is 92.9 cm³/mol. The van der Waals surface area contributed by atoms with E-state index in [1.807, 2.05) is 6.07 Å². The molecule has 2 heterocycles. The molecule has 8 nitrogen and oxygen atoms in total. The standard InChI is InChI=1S/C16H24N4O4S/c1-18(2)25(22,23)20-9-7-19(8-10-20)16(21)13-11-12-5-4-6-14(12)17-15(13)24-3/h11H,4-10H2,1-3H3. The molecule has 1 aromatic heterocycles. The van der Waals surface area contributed by atoms with Gasteiger partial charge in [0.15, 0.2) is 0 Å². The Bertz CT molecular complexity index is 771. The highest BCUT2D eigenvalue weighted by Gasteiger charge is 2.32. The number of aryl methyl sites for hydroxylation is 2. The van der Waals surface area contributed by atoms with Crippen LogP contribution in [0.1, 0.15) is 28.0 Å². The van der Waals surface area contributed by atoms with Gasteiger partial charge in [0.05, 0.1) is 7.11 Å².